The van der Waals surface area contributed by atoms with E-state index in [9.17, 15) is 9.59 Å². The first-order valence-electron chi connectivity index (χ1n) is 9.01. The number of halogens is 1. The van der Waals surface area contributed by atoms with Crippen LogP contribution in [-0.4, -0.2) is 25.2 Å². The van der Waals surface area contributed by atoms with Crippen molar-refractivity contribution in [1.29, 1.82) is 0 Å². The predicted molar refractivity (Wildman–Crippen MR) is 124 cm³/mol. The molecule has 0 atom stereocenters. The lowest BCUT2D eigenvalue weighted by molar-refractivity contribution is 0.0734. The molecule has 2 aromatic heterocycles. The van der Waals surface area contributed by atoms with Crippen molar-refractivity contribution in [3.8, 4) is 11.5 Å². The number of hydrogen-bond donors (Lipinski definition) is 1. The highest BCUT2D eigenvalue weighted by atomic mass is 35.5. The van der Waals surface area contributed by atoms with Gasteiger partial charge in [-0.3, -0.25) is 4.79 Å². The van der Waals surface area contributed by atoms with Crippen molar-refractivity contribution in [1.82, 2.24) is 5.43 Å². The third kappa shape index (κ3) is 4.61. The Labute approximate surface area is 190 Å². The zero-order valence-electron chi connectivity index (χ0n) is 16.1. The topological polar surface area (TPSA) is 77.0 Å². The monoisotopic (exact) mass is 470 g/mol. The summed E-state index contributed by atoms with van der Waals surface area (Å²) >= 11 is 8.96. The minimum Gasteiger partial charge on any atom is -0.493 e. The van der Waals surface area contributed by atoms with Gasteiger partial charge in [-0.1, -0.05) is 35.9 Å². The SMILES string of the molecule is COc1cc(C=NNC(=O)c2cccs2)ccc1OC(=O)c1sc2ccccc2c1Cl. The molecule has 0 aliphatic rings. The zero-order valence-corrected chi connectivity index (χ0v) is 18.5. The third-order valence-electron chi connectivity index (χ3n) is 4.24. The van der Waals surface area contributed by atoms with Crippen LogP contribution in [0.25, 0.3) is 10.1 Å². The summed E-state index contributed by atoms with van der Waals surface area (Å²) < 4.78 is 11.8. The quantitative estimate of drug-likeness (QED) is 0.172. The fraction of sp³-hybridized carbons (Fsp3) is 0.0455. The van der Waals surface area contributed by atoms with Gasteiger partial charge in [0.15, 0.2) is 11.5 Å². The number of rotatable bonds is 6. The second-order valence-corrected chi connectivity index (χ2v) is 8.60. The molecule has 0 aliphatic carbocycles. The number of benzene rings is 2. The Bertz CT molecular complexity index is 1280. The van der Waals surface area contributed by atoms with Crippen LogP contribution in [0.3, 0.4) is 0 Å². The average molecular weight is 471 g/mol. The van der Waals surface area contributed by atoms with Gasteiger partial charge in [0.25, 0.3) is 5.91 Å². The molecule has 2 aromatic carbocycles. The molecule has 9 heteroatoms. The standard InChI is InChI=1S/C22H15ClN2O4S2/c1-28-16-11-13(12-24-25-21(26)18-7-4-10-30-18)8-9-15(16)29-22(27)20-19(23)14-5-2-3-6-17(14)31-20/h2-12H,1H3,(H,25,26). The Morgan fingerprint density at radius 2 is 1.94 bits per heavy atom. The van der Waals surface area contributed by atoms with Gasteiger partial charge >= 0.3 is 5.97 Å². The molecule has 0 saturated heterocycles. The van der Waals surface area contributed by atoms with E-state index in [1.54, 1.807) is 30.3 Å². The lowest BCUT2D eigenvalue weighted by Crippen LogP contribution is -2.16. The maximum Gasteiger partial charge on any atom is 0.355 e. The number of nitrogens with zero attached hydrogens (tertiary/aromatic N) is 1. The van der Waals surface area contributed by atoms with Gasteiger partial charge in [0, 0.05) is 10.1 Å². The van der Waals surface area contributed by atoms with E-state index >= 15 is 0 Å². The second-order valence-electron chi connectivity index (χ2n) is 6.22. The van der Waals surface area contributed by atoms with Gasteiger partial charge in [0.1, 0.15) is 4.88 Å². The number of fused-ring (bicyclic) bond motifs is 1. The summed E-state index contributed by atoms with van der Waals surface area (Å²) in [5.41, 5.74) is 3.12. The fourth-order valence-electron chi connectivity index (χ4n) is 2.77. The summed E-state index contributed by atoms with van der Waals surface area (Å²) in [6, 6.07) is 15.9. The largest absolute Gasteiger partial charge is 0.493 e. The number of carbonyl (C=O) groups excluding carboxylic acids is 2. The number of hydrogen-bond acceptors (Lipinski definition) is 7. The lowest BCUT2D eigenvalue weighted by Gasteiger charge is -2.09. The number of thiophene rings is 2. The van der Waals surface area contributed by atoms with Gasteiger partial charge in [0.2, 0.25) is 0 Å². The molecular weight excluding hydrogens is 456 g/mol. The van der Waals surface area contributed by atoms with E-state index in [1.807, 2.05) is 29.6 Å². The predicted octanol–water partition coefficient (Wildman–Crippen LogP) is 5.61. The molecule has 1 amide bonds. The minimum atomic E-state index is -0.561. The Hall–Kier alpha value is -3.20. The molecule has 4 rings (SSSR count). The van der Waals surface area contributed by atoms with E-state index < -0.39 is 5.97 Å². The van der Waals surface area contributed by atoms with Crippen molar-refractivity contribution in [2.45, 2.75) is 0 Å². The molecule has 6 nitrogen and oxygen atoms in total. The normalized spacial score (nSPS) is 11.0. The van der Waals surface area contributed by atoms with Crippen LogP contribution in [0.1, 0.15) is 24.9 Å². The van der Waals surface area contributed by atoms with Crippen LogP contribution >= 0.6 is 34.3 Å². The summed E-state index contributed by atoms with van der Waals surface area (Å²) in [5.74, 6) is -0.252. The fourth-order valence-corrected chi connectivity index (χ4v) is 4.77. The van der Waals surface area contributed by atoms with E-state index in [0.29, 0.717) is 26.1 Å². The summed E-state index contributed by atoms with van der Waals surface area (Å²) in [6.07, 6.45) is 1.47. The third-order valence-corrected chi connectivity index (χ3v) is 6.76. The summed E-state index contributed by atoms with van der Waals surface area (Å²) in [4.78, 5) is 25.5. The van der Waals surface area contributed by atoms with Crippen LogP contribution < -0.4 is 14.9 Å². The Balaban J connectivity index is 1.48. The van der Waals surface area contributed by atoms with Gasteiger partial charge in [0.05, 0.1) is 23.2 Å². The van der Waals surface area contributed by atoms with E-state index in [0.717, 1.165) is 10.1 Å². The molecule has 4 aromatic rings. The highest BCUT2D eigenvalue weighted by Crippen LogP contribution is 2.36. The van der Waals surface area contributed by atoms with E-state index in [4.69, 9.17) is 21.1 Å². The highest BCUT2D eigenvalue weighted by molar-refractivity contribution is 7.21. The Morgan fingerprint density at radius 1 is 1.10 bits per heavy atom. The molecule has 0 bridgehead atoms. The molecular formula is C22H15ClN2O4S2. The van der Waals surface area contributed by atoms with Crippen molar-refractivity contribution < 1.29 is 19.1 Å². The number of hydrazone groups is 1. The molecule has 2 heterocycles. The molecule has 156 valence electrons. The molecule has 0 radical (unpaired) electrons. The smallest absolute Gasteiger partial charge is 0.355 e. The number of methoxy groups -OCH3 is 1. The van der Waals surface area contributed by atoms with Crippen molar-refractivity contribution in [2.75, 3.05) is 7.11 Å². The average Bonchev–Trinajstić information content (AvgIpc) is 3.43. The van der Waals surface area contributed by atoms with Crippen LogP contribution in [0.5, 0.6) is 11.5 Å². The maximum atomic E-state index is 12.7. The number of esters is 1. The second kappa shape index (κ2) is 9.30. The first-order chi connectivity index (χ1) is 15.1. The number of amides is 1. The van der Waals surface area contributed by atoms with Crippen molar-refractivity contribution in [3.63, 3.8) is 0 Å². The Kier molecular flexibility index (Phi) is 6.31. The van der Waals surface area contributed by atoms with Gasteiger partial charge < -0.3 is 9.47 Å². The first kappa shape index (κ1) is 21.0. The van der Waals surface area contributed by atoms with Gasteiger partial charge in [-0.05, 0) is 41.3 Å². The van der Waals surface area contributed by atoms with Crippen LogP contribution in [0.2, 0.25) is 5.02 Å². The van der Waals surface area contributed by atoms with E-state index in [1.165, 1.54) is 36.0 Å². The van der Waals surface area contributed by atoms with Gasteiger partial charge in [-0.15, -0.1) is 22.7 Å². The van der Waals surface area contributed by atoms with E-state index in [-0.39, 0.29) is 11.7 Å². The maximum absolute atomic E-state index is 12.7. The molecule has 0 unspecified atom stereocenters. The highest BCUT2D eigenvalue weighted by Gasteiger charge is 2.20. The summed E-state index contributed by atoms with van der Waals surface area (Å²) in [6.45, 7) is 0. The lowest BCUT2D eigenvalue weighted by atomic mass is 10.2. The molecule has 0 aliphatic heterocycles. The minimum absolute atomic E-state index is 0.251. The van der Waals surface area contributed by atoms with Gasteiger partial charge in [-0.25, -0.2) is 10.2 Å². The molecule has 1 N–H and O–H groups in total. The molecule has 31 heavy (non-hydrogen) atoms. The Morgan fingerprint density at radius 3 is 2.68 bits per heavy atom. The molecule has 0 fully saturated rings. The van der Waals surface area contributed by atoms with Crippen LogP contribution in [-0.2, 0) is 0 Å². The van der Waals surface area contributed by atoms with Gasteiger partial charge in [-0.2, -0.15) is 5.10 Å². The van der Waals surface area contributed by atoms with Crippen LogP contribution in [0, 0.1) is 0 Å². The van der Waals surface area contributed by atoms with Crippen LogP contribution in [0.15, 0.2) is 65.1 Å². The number of carbonyl (C=O) groups is 2. The summed E-state index contributed by atoms with van der Waals surface area (Å²) in [7, 11) is 1.47. The number of nitrogens with one attached hydrogen (secondary N) is 1. The van der Waals surface area contributed by atoms with Crippen molar-refractivity contribution in [2.24, 2.45) is 5.10 Å². The first-order valence-corrected chi connectivity index (χ1v) is 11.1. The van der Waals surface area contributed by atoms with Crippen molar-refractivity contribution >= 4 is 62.5 Å². The molecule has 0 saturated carbocycles. The summed E-state index contributed by atoms with van der Waals surface area (Å²) in [5, 5.41) is 6.94. The van der Waals surface area contributed by atoms with E-state index in [2.05, 4.69) is 10.5 Å². The molecule has 0 spiro atoms. The van der Waals surface area contributed by atoms with Crippen LogP contribution in [0.4, 0.5) is 0 Å². The zero-order chi connectivity index (χ0) is 21.8. The number of ether oxygens (including phenoxy) is 2. The van der Waals surface area contributed by atoms with Crippen molar-refractivity contribution in [3.05, 3.63) is 80.3 Å².